The number of rotatable bonds is 3. The van der Waals surface area contributed by atoms with Gasteiger partial charge >= 0.3 is 0 Å². The molecule has 0 aliphatic carbocycles. The number of hydrogen-bond acceptors (Lipinski definition) is 4. The number of thiocarbonyl (C=S) groups is 1. The molecule has 0 bridgehead atoms. The number of para-hydroxylation sites is 1. The molecule has 0 saturated carbocycles. The normalized spacial score (nSPS) is 14.7. The molecule has 1 N–H and O–H groups in total. The number of methoxy groups -OCH3 is 1. The van der Waals surface area contributed by atoms with Crippen LogP contribution >= 0.6 is 12.2 Å². The minimum atomic E-state index is 0.245. The molecular weight excluding hydrogens is 308 g/mol. The first kappa shape index (κ1) is 15.6. The van der Waals surface area contributed by atoms with Gasteiger partial charge in [0.15, 0.2) is 0 Å². The SMILES string of the molecule is COc1ccc(N2CCN(C(=S)c3ccccc3O)CC2)cc1. The number of benzene rings is 2. The van der Waals surface area contributed by atoms with E-state index in [1.807, 2.05) is 30.3 Å². The van der Waals surface area contributed by atoms with Crippen LogP contribution in [0.15, 0.2) is 48.5 Å². The lowest BCUT2D eigenvalue weighted by Gasteiger charge is -2.37. The van der Waals surface area contributed by atoms with Gasteiger partial charge in [0.25, 0.3) is 0 Å². The summed E-state index contributed by atoms with van der Waals surface area (Å²) in [6.07, 6.45) is 0. The Morgan fingerprint density at radius 2 is 1.65 bits per heavy atom. The van der Waals surface area contributed by atoms with Gasteiger partial charge in [0.05, 0.1) is 12.7 Å². The number of phenolic OH excluding ortho intramolecular Hbond substituents is 1. The lowest BCUT2D eigenvalue weighted by Crippen LogP contribution is -2.48. The molecule has 1 heterocycles. The predicted octanol–water partition coefficient (Wildman–Crippen LogP) is 2.90. The van der Waals surface area contributed by atoms with E-state index < -0.39 is 0 Å². The van der Waals surface area contributed by atoms with Crippen LogP contribution in [0.3, 0.4) is 0 Å². The van der Waals surface area contributed by atoms with E-state index in [9.17, 15) is 5.11 Å². The van der Waals surface area contributed by atoms with E-state index in [0.717, 1.165) is 42.5 Å². The summed E-state index contributed by atoms with van der Waals surface area (Å²) in [6.45, 7) is 3.50. The highest BCUT2D eigenvalue weighted by atomic mass is 32.1. The van der Waals surface area contributed by atoms with E-state index in [2.05, 4.69) is 21.9 Å². The van der Waals surface area contributed by atoms with Crippen molar-refractivity contribution in [2.45, 2.75) is 0 Å². The molecule has 2 aromatic rings. The Morgan fingerprint density at radius 3 is 2.26 bits per heavy atom. The van der Waals surface area contributed by atoms with Crippen molar-refractivity contribution in [3.63, 3.8) is 0 Å². The lowest BCUT2D eigenvalue weighted by atomic mass is 10.1. The van der Waals surface area contributed by atoms with Crippen molar-refractivity contribution in [2.75, 3.05) is 38.2 Å². The second-order valence-electron chi connectivity index (χ2n) is 5.49. The largest absolute Gasteiger partial charge is 0.507 e. The van der Waals surface area contributed by atoms with Gasteiger partial charge in [-0.15, -0.1) is 0 Å². The second kappa shape index (κ2) is 6.87. The van der Waals surface area contributed by atoms with Gasteiger partial charge in [-0.25, -0.2) is 0 Å². The Balaban J connectivity index is 1.64. The zero-order chi connectivity index (χ0) is 16.2. The maximum absolute atomic E-state index is 9.95. The van der Waals surface area contributed by atoms with Crippen molar-refractivity contribution in [3.05, 3.63) is 54.1 Å². The van der Waals surface area contributed by atoms with E-state index in [1.54, 1.807) is 13.2 Å². The lowest BCUT2D eigenvalue weighted by molar-refractivity contribution is 0.390. The van der Waals surface area contributed by atoms with Gasteiger partial charge in [-0.3, -0.25) is 0 Å². The Kier molecular flexibility index (Phi) is 4.67. The van der Waals surface area contributed by atoms with Gasteiger partial charge in [0.1, 0.15) is 16.5 Å². The molecule has 1 aliphatic heterocycles. The molecule has 1 fully saturated rings. The van der Waals surface area contributed by atoms with Crippen LogP contribution in [0.4, 0.5) is 5.69 Å². The zero-order valence-corrected chi connectivity index (χ0v) is 13.9. The molecule has 0 aromatic heterocycles. The summed E-state index contributed by atoms with van der Waals surface area (Å²) in [4.78, 5) is 5.21. The van der Waals surface area contributed by atoms with Crippen molar-refractivity contribution >= 4 is 22.9 Å². The molecule has 2 aromatic carbocycles. The smallest absolute Gasteiger partial charge is 0.125 e. The Labute approximate surface area is 141 Å². The summed E-state index contributed by atoms with van der Waals surface area (Å²) < 4.78 is 5.20. The predicted molar refractivity (Wildman–Crippen MR) is 96.6 cm³/mol. The standard InChI is InChI=1S/C18H20N2O2S/c1-22-15-8-6-14(7-9-15)19-10-12-20(13-11-19)18(23)16-4-2-3-5-17(16)21/h2-9,21H,10-13H2,1H3. The Morgan fingerprint density at radius 1 is 1.00 bits per heavy atom. The minimum absolute atomic E-state index is 0.245. The molecule has 0 unspecified atom stereocenters. The maximum atomic E-state index is 9.95. The molecule has 0 atom stereocenters. The highest BCUT2D eigenvalue weighted by molar-refractivity contribution is 7.80. The number of aromatic hydroxyl groups is 1. The first-order valence-electron chi connectivity index (χ1n) is 7.65. The molecule has 0 spiro atoms. The van der Waals surface area contributed by atoms with Crippen molar-refractivity contribution < 1.29 is 9.84 Å². The van der Waals surface area contributed by atoms with E-state index >= 15 is 0 Å². The average molecular weight is 328 g/mol. The molecule has 5 heteroatoms. The van der Waals surface area contributed by atoms with Crippen LogP contribution < -0.4 is 9.64 Å². The highest BCUT2D eigenvalue weighted by Gasteiger charge is 2.21. The van der Waals surface area contributed by atoms with Gasteiger partial charge in [0.2, 0.25) is 0 Å². The van der Waals surface area contributed by atoms with Gasteiger partial charge < -0.3 is 19.6 Å². The molecule has 3 rings (SSSR count). The van der Waals surface area contributed by atoms with Crippen LogP contribution in [0, 0.1) is 0 Å². The number of anilines is 1. The van der Waals surface area contributed by atoms with E-state index in [0.29, 0.717) is 0 Å². The van der Waals surface area contributed by atoms with Crippen LogP contribution in [0.5, 0.6) is 11.5 Å². The molecule has 23 heavy (non-hydrogen) atoms. The molecular formula is C18H20N2O2S. The average Bonchev–Trinajstić information content (AvgIpc) is 2.62. The summed E-state index contributed by atoms with van der Waals surface area (Å²) in [5, 5.41) is 9.95. The van der Waals surface area contributed by atoms with Gasteiger partial charge in [-0.05, 0) is 36.4 Å². The van der Waals surface area contributed by atoms with Gasteiger partial charge in [0, 0.05) is 31.9 Å². The number of hydrogen-bond donors (Lipinski definition) is 1. The number of piperazine rings is 1. The maximum Gasteiger partial charge on any atom is 0.125 e. The number of phenols is 1. The fraction of sp³-hybridized carbons (Fsp3) is 0.278. The van der Waals surface area contributed by atoms with Crippen LogP contribution in [0.2, 0.25) is 0 Å². The van der Waals surface area contributed by atoms with E-state index in [4.69, 9.17) is 17.0 Å². The van der Waals surface area contributed by atoms with Gasteiger partial charge in [-0.1, -0.05) is 24.4 Å². The number of nitrogens with zero attached hydrogens (tertiary/aromatic N) is 2. The third-order valence-corrected chi connectivity index (χ3v) is 4.62. The van der Waals surface area contributed by atoms with Crippen LogP contribution in [0.25, 0.3) is 0 Å². The highest BCUT2D eigenvalue weighted by Crippen LogP contribution is 2.23. The summed E-state index contributed by atoms with van der Waals surface area (Å²) in [7, 11) is 1.67. The molecule has 0 amide bonds. The fourth-order valence-electron chi connectivity index (χ4n) is 2.79. The van der Waals surface area contributed by atoms with Crippen molar-refractivity contribution in [1.82, 2.24) is 4.90 Å². The Bertz CT molecular complexity index is 680. The third-order valence-electron chi connectivity index (χ3n) is 4.14. The first-order valence-corrected chi connectivity index (χ1v) is 8.06. The second-order valence-corrected chi connectivity index (χ2v) is 5.88. The molecule has 4 nitrogen and oxygen atoms in total. The van der Waals surface area contributed by atoms with Crippen LogP contribution in [-0.4, -0.2) is 48.3 Å². The van der Waals surface area contributed by atoms with Gasteiger partial charge in [-0.2, -0.15) is 0 Å². The quantitative estimate of drug-likeness (QED) is 0.877. The van der Waals surface area contributed by atoms with E-state index in [1.165, 1.54) is 5.69 Å². The number of ether oxygens (including phenoxy) is 1. The minimum Gasteiger partial charge on any atom is -0.507 e. The fourth-order valence-corrected chi connectivity index (χ4v) is 3.14. The van der Waals surface area contributed by atoms with Crippen molar-refractivity contribution in [2.24, 2.45) is 0 Å². The topological polar surface area (TPSA) is 35.9 Å². The molecule has 120 valence electrons. The first-order chi connectivity index (χ1) is 11.2. The van der Waals surface area contributed by atoms with Crippen molar-refractivity contribution in [3.8, 4) is 11.5 Å². The van der Waals surface area contributed by atoms with Crippen molar-refractivity contribution in [1.29, 1.82) is 0 Å². The third kappa shape index (κ3) is 3.40. The zero-order valence-electron chi connectivity index (χ0n) is 13.1. The summed E-state index contributed by atoms with van der Waals surface area (Å²) in [6, 6.07) is 15.4. The summed E-state index contributed by atoms with van der Waals surface area (Å²) >= 11 is 5.55. The van der Waals surface area contributed by atoms with E-state index in [-0.39, 0.29) is 5.75 Å². The molecule has 1 aliphatic rings. The summed E-state index contributed by atoms with van der Waals surface area (Å²) in [5.74, 6) is 1.11. The monoisotopic (exact) mass is 328 g/mol. The van der Waals surface area contributed by atoms with Crippen LogP contribution in [0.1, 0.15) is 5.56 Å². The molecule has 1 saturated heterocycles. The molecule has 0 radical (unpaired) electrons. The Hall–Kier alpha value is -2.27. The summed E-state index contributed by atoms with van der Waals surface area (Å²) in [5.41, 5.74) is 1.93. The van der Waals surface area contributed by atoms with Crippen LogP contribution in [-0.2, 0) is 0 Å².